The first-order valence-corrected chi connectivity index (χ1v) is 15.8. The van der Waals surface area contributed by atoms with Crippen LogP contribution in [0.15, 0.2) is 41.8 Å². The number of aromatic hydroxyl groups is 2. The molecule has 0 aliphatic carbocycles. The van der Waals surface area contributed by atoms with E-state index in [0.717, 1.165) is 10.7 Å². The van der Waals surface area contributed by atoms with Crippen molar-refractivity contribution in [3.8, 4) is 17.2 Å². The minimum Gasteiger partial charge on any atom is -0.507 e. The van der Waals surface area contributed by atoms with Gasteiger partial charge in [0.15, 0.2) is 0 Å². The van der Waals surface area contributed by atoms with Crippen molar-refractivity contribution in [1.82, 2.24) is 10.3 Å². The third-order valence-corrected chi connectivity index (χ3v) is 8.66. The van der Waals surface area contributed by atoms with Crippen LogP contribution in [0.3, 0.4) is 0 Å². The Morgan fingerprint density at radius 3 is 2.64 bits per heavy atom. The molecule has 1 aliphatic rings. The number of thiazole rings is 1. The number of allylic oxidation sites excluding steroid dienone is 1. The van der Waals surface area contributed by atoms with E-state index in [1.54, 1.807) is 44.4 Å². The van der Waals surface area contributed by atoms with Gasteiger partial charge in [0, 0.05) is 54.8 Å². The van der Waals surface area contributed by atoms with Crippen molar-refractivity contribution in [2.24, 2.45) is 0 Å². The zero-order valence-corrected chi connectivity index (χ0v) is 26.2. The number of phenolic OH excluding ortho intramolecular Hbond substituents is 2. The number of amides is 1. The van der Waals surface area contributed by atoms with Crippen molar-refractivity contribution in [1.29, 1.82) is 0 Å². The molecule has 3 aromatic rings. The van der Waals surface area contributed by atoms with Gasteiger partial charge in [-0.05, 0) is 68.9 Å². The lowest BCUT2D eigenvalue weighted by molar-refractivity contribution is -0.121. The molecular formula is C34H40N2O7S. The van der Waals surface area contributed by atoms with Crippen LogP contribution in [0.4, 0.5) is 0 Å². The number of methoxy groups -OCH3 is 1. The molecule has 1 aromatic heterocycles. The van der Waals surface area contributed by atoms with Crippen LogP contribution >= 0.6 is 11.3 Å². The van der Waals surface area contributed by atoms with Crippen LogP contribution in [0.5, 0.6) is 17.2 Å². The van der Waals surface area contributed by atoms with E-state index in [-0.39, 0.29) is 35.0 Å². The fourth-order valence-electron chi connectivity index (χ4n) is 5.33. The number of esters is 1. The zero-order valence-electron chi connectivity index (χ0n) is 25.4. The third kappa shape index (κ3) is 8.69. The van der Waals surface area contributed by atoms with Crippen LogP contribution in [0, 0.1) is 6.92 Å². The minimum atomic E-state index is -0.790. The van der Waals surface area contributed by atoms with Crippen LogP contribution in [0.2, 0.25) is 0 Å². The molecule has 1 amide bonds. The second-order valence-corrected chi connectivity index (χ2v) is 12.0. The molecule has 10 heteroatoms. The standard InChI is InChI=1S/C34H40N2O7S/c1-21-20-44-30(36-21)16-17-35-29(39)19-27(23-12-14-26(42-3)15-13-23)32-28(38)18-24-9-5-4-6-10-25(37)11-7-8-22(2)43-34(41)31(24)33(32)40/h5,9,12-15,18,20,22,27,38,40H,4,6-8,10-11,16-17,19H2,1-3H3,(H,35,39)/b9-5+/t22-,27?/m0/s1. The van der Waals surface area contributed by atoms with Gasteiger partial charge in [-0.25, -0.2) is 9.78 Å². The van der Waals surface area contributed by atoms with Gasteiger partial charge in [-0.3, -0.25) is 9.59 Å². The second-order valence-electron chi connectivity index (χ2n) is 11.1. The van der Waals surface area contributed by atoms with Crippen molar-refractivity contribution < 1.29 is 34.1 Å². The summed E-state index contributed by atoms with van der Waals surface area (Å²) in [4.78, 5) is 43.3. The Labute approximate surface area is 261 Å². The van der Waals surface area contributed by atoms with E-state index in [9.17, 15) is 24.6 Å². The number of aryl methyl sites for hydroxylation is 1. The van der Waals surface area contributed by atoms with Gasteiger partial charge in [-0.1, -0.05) is 24.3 Å². The van der Waals surface area contributed by atoms with Gasteiger partial charge in [0.25, 0.3) is 0 Å². The lowest BCUT2D eigenvalue weighted by Crippen LogP contribution is -2.27. The summed E-state index contributed by atoms with van der Waals surface area (Å²) in [7, 11) is 1.55. The van der Waals surface area contributed by atoms with Gasteiger partial charge in [0.1, 0.15) is 28.6 Å². The number of nitrogens with one attached hydrogen (secondary N) is 1. The maximum Gasteiger partial charge on any atom is 0.342 e. The maximum absolute atomic E-state index is 13.5. The Balaban J connectivity index is 1.70. The molecule has 1 aliphatic heterocycles. The first kappa shape index (κ1) is 32.7. The summed E-state index contributed by atoms with van der Waals surface area (Å²) in [5.74, 6) is -1.72. The molecule has 234 valence electrons. The Hall–Kier alpha value is -4.18. The van der Waals surface area contributed by atoms with E-state index in [4.69, 9.17) is 9.47 Å². The smallest absolute Gasteiger partial charge is 0.342 e. The summed E-state index contributed by atoms with van der Waals surface area (Å²) in [6, 6.07) is 8.43. The zero-order chi connectivity index (χ0) is 31.6. The number of cyclic esters (lactones) is 1. The van der Waals surface area contributed by atoms with E-state index in [0.29, 0.717) is 68.4 Å². The summed E-state index contributed by atoms with van der Waals surface area (Å²) in [5.41, 5.74) is 1.85. The van der Waals surface area contributed by atoms with E-state index in [1.807, 2.05) is 18.4 Å². The highest BCUT2D eigenvalue weighted by Gasteiger charge is 2.31. The molecule has 9 nitrogen and oxygen atoms in total. The summed E-state index contributed by atoms with van der Waals surface area (Å²) < 4.78 is 11.0. The molecule has 0 radical (unpaired) electrons. The van der Waals surface area contributed by atoms with E-state index in [2.05, 4.69) is 10.3 Å². The van der Waals surface area contributed by atoms with Crippen LogP contribution in [-0.4, -0.2) is 52.6 Å². The van der Waals surface area contributed by atoms with E-state index >= 15 is 0 Å². The maximum atomic E-state index is 13.5. The number of nitrogens with zero attached hydrogens (tertiary/aromatic N) is 1. The molecular weight excluding hydrogens is 580 g/mol. The molecule has 44 heavy (non-hydrogen) atoms. The first-order chi connectivity index (χ1) is 21.2. The van der Waals surface area contributed by atoms with Gasteiger partial charge in [0.2, 0.25) is 5.91 Å². The van der Waals surface area contributed by atoms with Crippen molar-refractivity contribution in [2.45, 2.75) is 77.2 Å². The lowest BCUT2D eigenvalue weighted by atomic mass is 9.84. The SMILES string of the molecule is COc1ccc(C(CC(=O)NCCc2nc(C)cs2)c2c(O)cc3c(c2O)C(=O)O[C@@H](C)CCCC(=O)CCC/C=C/3)cc1. The summed E-state index contributed by atoms with van der Waals surface area (Å²) in [6.45, 7) is 4.05. The van der Waals surface area contributed by atoms with Crippen molar-refractivity contribution in [3.05, 3.63) is 74.7 Å². The van der Waals surface area contributed by atoms with Gasteiger partial charge < -0.3 is 25.0 Å². The topological polar surface area (TPSA) is 135 Å². The lowest BCUT2D eigenvalue weighted by Gasteiger charge is -2.23. The van der Waals surface area contributed by atoms with Gasteiger partial charge in [-0.2, -0.15) is 0 Å². The van der Waals surface area contributed by atoms with Crippen LogP contribution in [0.25, 0.3) is 6.08 Å². The number of benzene rings is 2. The number of ether oxygens (including phenoxy) is 2. The molecule has 1 unspecified atom stereocenters. The molecule has 0 spiro atoms. The number of hydrogen-bond donors (Lipinski definition) is 3. The summed E-state index contributed by atoms with van der Waals surface area (Å²) in [5, 5.41) is 28.8. The number of fused-ring (bicyclic) bond motifs is 1. The quantitative estimate of drug-likeness (QED) is 0.252. The van der Waals surface area contributed by atoms with E-state index in [1.165, 1.54) is 17.4 Å². The number of ketones is 1. The highest BCUT2D eigenvalue weighted by Crippen LogP contribution is 2.44. The minimum absolute atomic E-state index is 0.0596. The Morgan fingerprint density at radius 2 is 1.93 bits per heavy atom. The highest BCUT2D eigenvalue weighted by atomic mass is 32.1. The monoisotopic (exact) mass is 620 g/mol. The average Bonchev–Trinajstić information content (AvgIpc) is 3.40. The Bertz CT molecular complexity index is 1500. The molecule has 2 aromatic carbocycles. The van der Waals surface area contributed by atoms with Crippen molar-refractivity contribution in [2.75, 3.05) is 13.7 Å². The number of rotatable bonds is 8. The number of Topliss-reactive ketones (excluding diaryl/α,β-unsaturated/α-hetero) is 1. The highest BCUT2D eigenvalue weighted by molar-refractivity contribution is 7.09. The summed E-state index contributed by atoms with van der Waals surface area (Å²) in [6.07, 6.45) is 6.71. The molecule has 2 atom stereocenters. The van der Waals surface area contributed by atoms with Crippen molar-refractivity contribution in [3.63, 3.8) is 0 Å². The molecule has 3 N–H and O–H groups in total. The van der Waals surface area contributed by atoms with Crippen LogP contribution < -0.4 is 10.1 Å². The predicted molar refractivity (Wildman–Crippen MR) is 169 cm³/mol. The molecule has 0 saturated heterocycles. The normalized spacial score (nSPS) is 17.6. The van der Waals surface area contributed by atoms with Crippen LogP contribution in [0.1, 0.15) is 95.5 Å². The number of aromatic nitrogens is 1. The first-order valence-electron chi connectivity index (χ1n) is 15.0. The van der Waals surface area contributed by atoms with Gasteiger partial charge >= 0.3 is 5.97 Å². The Kier molecular flexibility index (Phi) is 11.5. The number of carbonyl (C=O) groups is 3. The van der Waals surface area contributed by atoms with E-state index < -0.39 is 23.7 Å². The summed E-state index contributed by atoms with van der Waals surface area (Å²) >= 11 is 1.54. The van der Waals surface area contributed by atoms with Gasteiger partial charge in [-0.15, -0.1) is 11.3 Å². The van der Waals surface area contributed by atoms with Crippen LogP contribution in [-0.2, 0) is 20.7 Å². The molecule has 0 fully saturated rings. The fraction of sp³-hybridized carbons (Fsp3) is 0.412. The number of hydrogen-bond acceptors (Lipinski definition) is 9. The fourth-order valence-corrected chi connectivity index (χ4v) is 6.10. The average molecular weight is 621 g/mol. The molecule has 0 saturated carbocycles. The molecule has 0 bridgehead atoms. The number of carbonyl (C=O) groups excluding carboxylic acids is 3. The molecule has 4 rings (SSSR count). The predicted octanol–water partition coefficient (Wildman–Crippen LogP) is 6.23. The largest absolute Gasteiger partial charge is 0.507 e. The second kappa shape index (κ2) is 15.5. The van der Waals surface area contributed by atoms with Gasteiger partial charge in [0.05, 0.1) is 18.2 Å². The van der Waals surface area contributed by atoms with Crippen molar-refractivity contribution >= 4 is 35.1 Å². The molecule has 2 heterocycles. The third-order valence-electron chi connectivity index (χ3n) is 7.63. The Morgan fingerprint density at radius 1 is 1.18 bits per heavy atom. The number of phenols is 2.